The first-order chi connectivity index (χ1) is 12.7. The number of rotatable bonds is 5. The minimum Gasteiger partial charge on any atom is -0.391 e. The summed E-state index contributed by atoms with van der Waals surface area (Å²) in [4.78, 5) is 5.05. The van der Waals surface area contributed by atoms with Gasteiger partial charge in [0.05, 0.1) is 11.8 Å². The van der Waals surface area contributed by atoms with Crippen molar-refractivity contribution in [3.63, 3.8) is 0 Å². The van der Waals surface area contributed by atoms with Crippen LogP contribution in [0.5, 0.6) is 0 Å². The summed E-state index contributed by atoms with van der Waals surface area (Å²) < 4.78 is 5.34. The van der Waals surface area contributed by atoms with Crippen LogP contribution in [0.25, 0.3) is 0 Å². The van der Waals surface area contributed by atoms with Gasteiger partial charge in [0, 0.05) is 44.1 Å². The number of benzene rings is 1. The average molecular weight is 355 g/mol. The number of hydrogen-bond acceptors (Lipinski definition) is 5. The van der Waals surface area contributed by atoms with E-state index in [1.807, 2.05) is 13.0 Å². The summed E-state index contributed by atoms with van der Waals surface area (Å²) in [6.45, 7) is 7.01. The molecule has 1 aromatic carbocycles. The summed E-state index contributed by atoms with van der Waals surface area (Å²) >= 11 is 0. The highest BCUT2D eigenvalue weighted by atomic mass is 16.5. The molecule has 2 fully saturated rings. The Labute approximate surface area is 155 Å². The predicted molar refractivity (Wildman–Crippen MR) is 101 cm³/mol. The zero-order valence-corrected chi connectivity index (χ0v) is 15.6. The Kier molecular flexibility index (Phi) is 5.38. The van der Waals surface area contributed by atoms with E-state index in [2.05, 4.69) is 45.3 Å². The van der Waals surface area contributed by atoms with Crippen molar-refractivity contribution < 1.29 is 9.63 Å². The summed E-state index contributed by atoms with van der Waals surface area (Å²) in [7, 11) is 0. The molecule has 1 aromatic heterocycles. The maximum Gasteiger partial charge on any atom is 0.137 e. The first-order valence-electron chi connectivity index (χ1n) is 9.78. The van der Waals surface area contributed by atoms with Crippen LogP contribution in [-0.4, -0.2) is 58.4 Å². The van der Waals surface area contributed by atoms with Gasteiger partial charge in [0.1, 0.15) is 5.76 Å². The van der Waals surface area contributed by atoms with Crippen molar-refractivity contribution in [3.05, 3.63) is 53.4 Å². The molecule has 1 N–H and O–H groups in total. The first kappa shape index (κ1) is 17.7. The number of aliphatic hydroxyl groups excluding tert-OH is 1. The standard InChI is InChI=1S/C21H29N3O2/c1-16-11-20(26-22-16)12-18-14-24(15-21(18)25)19-7-9-23(10-8-19)13-17-5-3-2-4-6-17/h2-6,11,18-19,21,25H,7-10,12-15H2,1H3/t18-,21+/m1/s1. The lowest BCUT2D eigenvalue weighted by Gasteiger charge is -2.36. The molecule has 4 rings (SSSR count). The highest BCUT2D eigenvalue weighted by Gasteiger charge is 2.36. The van der Waals surface area contributed by atoms with E-state index in [0.717, 1.165) is 50.6 Å². The molecule has 0 radical (unpaired) electrons. The molecule has 26 heavy (non-hydrogen) atoms. The van der Waals surface area contributed by atoms with Crippen molar-refractivity contribution in [3.8, 4) is 0 Å². The van der Waals surface area contributed by atoms with Crippen molar-refractivity contribution in [2.24, 2.45) is 5.92 Å². The SMILES string of the molecule is Cc1cc(C[C@@H]2CN(C3CCN(Cc4ccccc4)CC3)C[C@@H]2O)on1. The van der Waals surface area contributed by atoms with Gasteiger partial charge < -0.3 is 9.63 Å². The number of nitrogens with zero attached hydrogens (tertiary/aromatic N) is 3. The number of aliphatic hydroxyl groups is 1. The molecule has 2 saturated heterocycles. The van der Waals surface area contributed by atoms with E-state index < -0.39 is 0 Å². The zero-order chi connectivity index (χ0) is 17.9. The Balaban J connectivity index is 1.27. The van der Waals surface area contributed by atoms with Gasteiger partial charge in [0.2, 0.25) is 0 Å². The van der Waals surface area contributed by atoms with Gasteiger partial charge in [-0.05, 0) is 38.4 Å². The van der Waals surface area contributed by atoms with Gasteiger partial charge in [0.15, 0.2) is 0 Å². The smallest absolute Gasteiger partial charge is 0.137 e. The van der Waals surface area contributed by atoms with Crippen LogP contribution < -0.4 is 0 Å². The number of aryl methyl sites for hydroxylation is 1. The molecule has 2 aromatic rings. The molecule has 140 valence electrons. The van der Waals surface area contributed by atoms with Crippen LogP contribution >= 0.6 is 0 Å². The van der Waals surface area contributed by atoms with Crippen molar-refractivity contribution in [1.82, 2.24) is 15.0 Å². The summed E-state index contributed by atoms with van der Waals surface area (Å²) in [5.74, 6) is 1.15. The van der Waals surface area contributed by atoms with Gasteiger partial charge in [-0.3, -0.25) is 9.80 Å². The van der Waals surface area contributed by atoms with Gasteiger partial charge in [-0.25, -0.2) is 0 Å². The van der Waals surface area contributed by atoms with Crippen molar-refractivity contribution in [2.75, 3.05) is 26.2 Å². The Morgan fingerprint density at radius 2 is 1.92 bits per heavy atom. The van der Waals surface area contributed by atoms with Crippen molar-refractivity contribution >= 4 is 0 Å². The minimum atomic E-state index is -0.261. The summed E-state index contributed by atoms with van der Waals surface area (Å²) in [5, 5.41) is 14.5. The fraction of sp³-hybridized carbons (Fsp3) is 0.571. The molecule has 0 spiro atoms. The Bertz CT molecular complexity index is 694. The van der Waals surface area contributed by atoms with E-state index in [1.165, 1.54) is 18.4 Å². The zero-order valence-electron chi connectivity index (χ0n) is 15.6. The third-order valence-electron chi connectivity index (χ3n) is 5.90. The quantitative estimate of drug-likeness (QED) is 0.893. The summed E-state index contributed by atoms with van der Waals surface area (Å²) in [5.41, 5.74) is 2.31. The second-order valence-electron chi connectivity index (χ2n) is 7.91. The highest BCUT2D eigenvalue weighted by Crippen LogP contribution is 2.27. The van der Waals surface area contributed by atoms with Crippen molar-refractivity contribution in [2.45, 2.75) is 44.9 Å². The summed E-state index contributed by atoms with van der Waals surface area (Å²) in [6, 6.07) is 13.3. The van der Waals surface area contributed by atoms with Gasteiger partial charge in [0.25, 0.3) is 0 Å². The van der Waals surface area contributed by atoms with Crippen LogP contribution in [0.2, 0.25) is 0 Å². The lowest BCUT2D eigenvalue weighted by Crippen LogP contribution is -2.44. The lowest BCUT2D eigenvalue weighted by molar-refractivity contribution is 0.104. The predicted octanol–water partition coefficient (Wildman–Crippen LogP) is 2.48. The lowest BCUT2D eigenvalue weighted by atomic mass is 10.00. The molecule has 0 saturated carbocycles. The number of β-amino-alcohol motifs (C(OH)–C–C–N with tert-alkyl or cyclic N) is 1. The molecule has 2 atom stereocenters. The summed E-state index contributed by atoms with van der Waals surface area (Å²) in [6.07, 6.45) is 2.90. The maximum atomic E-state index is 10.5. The number of likely N-dealkylation sites (tertiary alicyclic amines) is 2. The number of aromatic nitrogens is 1. The Morgan fingerprint density at radius 1 is 1.15 bits per heavy atom. The molecule has 0 aliphatic carbocycles. The van der Waals surface area contributed by atoms with Crippen LogP contribution in [0.3, 0.4) is 0 Å². The van der Waals surface area contributed by atoms with Crippen molar-refractivity contribution in [1.29, 1.82) is 0 Å². The molecule has 5 nitrogen and oxygen atoms in total. The van der Waals surface area contributed by atoms with Crippen LogP contribution in [0.4, 0.5) is 0 Å². The van der Waals surface area contributed by atoms with Crippen LogP contribution in [0.15, 0.2) is 40.9 Å². The molecular formula is C21H29N3O2. The van der Waals surface area contributed by atoms with E-state index in [1.54, 1.807) is 0 Å². The van der Waals surface area contributed by atoms with Gasteiger partial charge in [-0.15, -0.1) is 0 Å². The average Bonchev–Trinajstić information content (AvgIpc) is 3.23. The third kappa shape index (κ3) is 4.17. The Morgan fingerprint density at radius 3 is 2.62 bits per heavy atom. The van der Waals surface area contributed by atoms with Crippen LogP contribution in [0, 0.1) is 12.8 Å². The largest absolute Gasteiger partial charge is 0.391 e. The normalized spacial score (nSPS) is 25.8. The van der Waals surface area contributed by atoms with E-state index in [4.69, 9.17) is 4.52 Å². The third-order valence-corrected chi connectivity index (χ3v) is 5.90. The number of hydrogen-bond donors (Lipinski definition) is 1. The number of piperidine rings is 1. The second-order valence-corrected chi connectivity index (χ2v) is 7.91. The molecule has 2 aliphatic rings. The molecule has 0 amide bonds. The molecule has 3 heterocycles. The van der Waals surface area contributed by atoms with E-state index in [-0.39, 0.29) is 12.0 Å². The van der Waals surface area contributed by atoms with Gasteiger partial charge >= 0.3 is 0 Å². The van der Waals surface area contributed by atoms with Crippen LogP contribution in [0.1, 0.15) is 29.9 Å². The monoisotopic (exact) mass is 355 g/mol. The topological polar surface area (TPSA) is 52.7 Å². The van der Waals surface area contributed by atoms with Gasteiger partial charge in [-0.2, -0.15) is 0 Å². The molecule has 0 bridgehead atoms. The molecular weight excluding hydrogens is 326 g/mol. The van der Waals surface area contributed by atoms with E-state index in [0.29, 0.717) is 6.04 Å². The minimum absolute atomic E-state index is 0.254. The van der Waals surface area contributed by atoms with Crippen LogP contribution in [-0.2, 0) is 13.0 Å². The fourth-order valence-electron chi connectivity index (χ4n) is 4.44. The maximum absolute atomic E-state index is 10.5. The molecule has 2 aliphatic heterocycles. The first-order valence-corrected chi connectivity index (χ1v) is 9.78. The fourth-order valence-corrected chi connectivity index (χ4v) is 4.44. The second kappa shape index (κ2) is 7.91. The molecule has 0 unspecified atom stereocenters. The Hall–Kier alpha value is -1.69. The van der Waals surface area contributed by atoms with E-state index in [9.17, 15) is 5.11 Å². The molecule has 5 heteroatoms. The van der Waals surface area contributed by atoms with E-state index >= 15 is 0 Å². The van der Waals surface area contributed by atoms with Gasteiger partial charge in [-0.1, -0.05) is 35.5 Å². The highest BCUT2D eigenvalue weighted by molar-refractivity contribution is 5.14.